The van der Waals surface area contributed by atoms with Crippen molar-refractivity contribution in [2.75, 3.05) is 10.6 Å². The van der Waals surface area contributed by atoms with E-state index in [9.17, 15) is 9.59 Å². The molecule has 2 unspecified atom stereocenters. The second kappa shape index (κ2) is 22.3. The number of unbranched alkanes of at least 4 members (excludes halogenated alkanes) is 12. The fraction of sp³-hybridized carbons (Fsp3) is 0.500. The molecule has 3 aromatic rings. The summed E-state index contributed by atoms with van der Waals surface area (Å²) in [5.74, 6) is -0.168. The van der Waals surface area contributed by atoms with Gasteiger partial charge in [-0.05, 0) is 54.8 Å². The zero-order valence-corrected chi connectivity index (χ0v) is 28.8. The number of carbonyl (C=O) groups excluding carboxylic acids is 2. The Morgan fingerprint density at radius 1 is 0.674 bits per heavy atom. The minimum atomic E-state index is -1.34. The molecule has 1 amide bonds. The van der Waals surface area contributed by atoms with Gasteiger partial charge >= 0.3 is 0 Å². The van der Waals surface area contributed by atoms with E-state index in [0.717, 1.165) is 30.7 Å². The van der Waals surface area contributed by atoms with E-state index in [4.69, 9.17) is 16.3 Å². The van der Waals surface area contributed by atoms with Gasteiger partial charge in [-0.15, -0.1) is 11.6 Å². The van der Waals surface area contributed by atoms with Gasteiger partial charge in [-0.3, -0.25) is 9.59 Å². The highest BCUT2D eigenvalue weighted by Crippen LogP contribution is 2.22. The molecular formula is C40H55ClN2O3. The number of nitrogens with one attached hydrogen (secondary N) is 2. The van der Waals surface area contributed by atoms with Crippen LogP contribution in [0.5, 0.6) is 5.75 Å². The van der Waals surface area contributed by atoms with E-state index in [2.05, 4.69) is 42.7 Å². The molecule has 250 valence electrons. The molecule has 0 fully saturated rings. The van der Waals surface area contributed by atoms with Gasteiger partial charge in [0, 0.05) is 23.4 Å². The number of ketones is 1. The Kier molecular flexibility index (Phi) is 18.0. The average molecular weight is 647 g/mol. The summed E-state index contributed by atoms with van der Waals surface area (Å²) in [7, 11) is 0. The number of benzene rings is 3. The zero-order chi connectivity index (χ0) is 32.8. The fourth-order valence-electron chi connectivity index (χ4n) is 5.65. The normalized spacial score (nSPS) is 12.3. The summed E-state index contributed by atoms with van der Waals surface area (Å²) >= 11 is 6.29. The van der Waals surface area contributed by atoms with E-state index >= 15 is 0 Å². The zero-order valence-electron chi connectivity index (χ0n) is 28.1. The summed E-state index contributed by atoms with van der Waals surface area (Å²) < 4.78 is 6.38. The third-order valence-corrected chi connectivity index (χ3v) is 8.67. The Bertz CT molecular complexity index is 1280. The molecule has 3 aromatic carbocycles. The number of ether oxygens (including phenoxy) is 1. The van der Waals surface area contributed by atoms with E-state index in [-0.39, 0.29) is 6.23 Å². The van der Waals surface area contributed by atoms with Crippen LogP contribution in [0.3, 0.4) is 0 Å². The van der Waals surface area contributed by atoms with Crippen molar-refractivity contribution in [3.05, 3.63) is 90.0 Å². The summed E-state index contributed by atoms with van der Waals surface area (Å²) in [4.78, 5) is 25.6. The first-order valence-electron chi connectivity index (χ1n) is 17.7. The van der Waals surface area contributed by atoms with Crippen molar-refractivity contribution >= 4 is 34.7 Å². The second-order valence-corrected chi connectivity index (χ2v) is 12.8. The summed E-state index contributed by atoms with van der Waals surface area (Å²) in [6.45, 7) is 4.39. The molecule has 0 spiro atoms. The maximum absolute atomic E-state index is 13.1. The van der Waals surface area contributed by atoms with Gasteiger partial charge in [-0.2, -0.15) is 0 Å². The minimum Gasteiger partial charge on any atom is -0.471 e. The standard InChI is InChI=1S/C40H55ClN2O3/c1-3-5-6-7-8-9-10-11-12-13-14-15-17-23-32-24-20-29-36(30-32)46-37(22-4-2)42-35-28-21-25-33(31-35)39(44)38(41)40(45)43-34-26-18-16-19-27-34/h16,18-21,24-31,37-38,42H,3-15,17,22-23H2,1-2H3,(H,43,45). The van der Waals surface area contributed by atoms with Crippen molar-refractivity contribution in [2.45, 2.75) is 128 Å². The Morgan fingerprint density at radius 2 is 1.28 bits per heavy atom. The summed E-state index contributed by atoms with van der Waals surface area (Å²) in [6, 6.07) is 24.4. The van der Waals surface area contributed by atoms with Crippen molar-refractivity contribution in [2.24, 2.45) is 0 Å². The fourth-order valence-corrected chi connectivity index (χ4v) is 5.83. The lowest BCUT2D eigenvalue weighted by molar-refractivity contribution is -0.115. The van der Waals surface area contributed by atoms with Crippen molar-refractivity contribution in [3.8, 4) is 5.75 Å². The molecule has 3 rings (SSSR count). The molecule has 0 saturated heterocycles. The number of aryl methyl sites for hydroxylation is 1. The molecule has 0 aliphatic carbocycles. The summed E-state index contributed by atoms with van der Waals surface area (Å²) in [5.41, 5.74) is 2.99. The van der Waals surface area contributed by atoms with E-state index in [1.165, 1.54) is 89.0 Å². The smallest absolute Gasteiger partial charge is 0.250 e. The van der Waals surface area contributed by atoms with Crippen LogP contribution in [0.15, 0.2) is 78.9 Å². The van der Waals surface area contributed by atoms with Gasteiger partial charge in [0.2, 0.25) is 5.91 Å². The van der Waals surface area contributed by atoms with Gasteiger partial charge in [0.15, 0.2) is 17.4 Å². The molecule has 0 saturated carbocycles. The molecule has 0 bridgehead atoms. The predicted molar refractivity (Wildman–Crippen MR) is 194 cm³/mol. The van der Waals surface area contributed by atoms with Crippen molar-refractivity contribution in [1.29, 1.82) is 0 Å². The van der Waals surface area contributed by atoms with Gasteiger partial charge in [0.25, 0.3) is 0 Å². The molecule has 0 aliphatic heterocycles. The monoisotopic (exact) mass is 646 g/mol. The predicted octanol–water partition coefficient (Wildman–Crippen LogP) is 11.4. The lowest BCUT2D eigenvalue weighted by Gasteiger charge is -2.22. The highest BCUT2D eigenvalue weighted by Gasteiger charge is 2.25. The van der Waals surface area contributed by atoms with Crippen LogP contribution in [0, 0.1) is 0 Å². The van der Waals surface area contributed by atoms with Gasteiger partial charge in [0.1, 0.15) is 5.75 Å². The van der Waals surface area contributed by atoms with Crippen LogP contribution in [-0.2, 0) is 11.2 Å². The largest absolute Gasteiger partial charge is 0.471 e. The lowest BCUT2D eigenvalue weighted by Crippen LogP contribution is -2.31. The number of Topliss-reactive ketones (excluding diaryl/α,β-unsaturated/α-hetero) is 1. The number of carbonyl (C=O) groups is 2. The Labute approximate surface area is 282 Å². The first-order valence-corrected chi connectivity index (χ1v) is 18.1. The number of amides is 1. The third kappa shape index (κ3) is 14.4. The van der Waals surface area contributed by atoms with Crippen LogP contribution in [-0.4, -0.2) is 23.3 Å². The SMILES string of the molecule is CCCCCCCCCCCCCCCc1cccc(OC(CCC)Nc2cccc(C(=O)C(Cl)C(=O)Nc3ccccc3)c2)c1. The number of alkyl halides is 1. The number of hydrogen-bond acceptors (Lipinski definition) is 4. The van der Waals surface area contributed by atoms with E-state index in [0.29, 0.717) is 11.3 Å². The molecule has 6 heteroatoms. The average Bonchev–Trinajstić information content (AvgIpc) is 3.07. The van der Waals surface area contributed by atoms with Crippen LogP contribution >= 0.6 is 11.6 Å². The van der Waals surface area contributed by atoms with Crippen LogP contribution < -0.4 is 15.4 Å². The molecule has 0 radical (unpaired) electrons. The molecular weight excluding hydrogens is 592 g/mol. The van der Waals surface area contributed by atoms with Crippen LogP contribution in [0.1, 0.15) is 126 Å². The van der Waals surface area contributed by atoms with Crippen LogP contribution in [0.4, 0.5) is 11.4 Å². The number of anilines is 2. The molecule has 46 heavy (non-hydrogen) atoms. The van der Waals surface area contributed by atoms with Gasteiger partial charge < -0.3 is 15.4 Å². The van der Waals surface area contributed by atoms with Gasteiger partial charge in [0.05, 0.1) is 0 Å². The van der Waals surface area contributed by atoms with Crippen molar-refractivity contribution in [3.63, 3.8) is 0 Å². The molecule has 2 N–H and O–H groups in total. The lowest BCUT2D eigenvalue weighted by atomic mass is 10.0. The Morgan fingerprint density at radius 3 is 1.93 bits per heavy atom. The Hall–Kier alpha value is -3.31. The van der Waals surface area contributed by atoms with E-state index in [1.807, 2.05) is 18.2 Å². The van der Waals surface area contributed by atoms with Crippen molar-refractivity contribution in [1.82, 2.24) is 0 Å². The molecule has 0 aliphatic rings. The molecule has 0 heterocycles. The first-order chi connectivity index (χ1) is 22.5. The summed E-state index contributed by atoms with van der Waals surface area (Å²) in [5, 5.41) is 4.79. The van der Waals surface area contributed by atoms with Crippen LogP contribution in [0.25, 0.3) is 0 Å². The highest BCUT2D eigenvalue weighted by molar-refractivity contribution is 6.45. The minimum absolute atomic E-state index is 0.268. The number of hydrogen-bond donors (Lipinski definition) is 2. The maximum atomic E-state index is 13.1. The van der Waals surface area contributed by atoms with E-state index in [1.54, 1.807) is 42.5 Å². The van der Waals surface area contributed by atoms with Gasteiger partial charge in [-0.25, -0.2) is 0 Å². The van der Waals surface area contributed by atoms with E-state index < -0.39 is 17.1 Å². The second-order valence-electron chi connectivity index (χ2n) is 12.3. The first kappa shape index (κ1) is 37.2. The molecule has 0 aromatic heterocycles. The highest BCUT2D eigenvalue weighted by atomic mass is 35.5. The Balaban J connectivity index is 1.42. The van der Waals surface area contributed by atoms with Gasteiger partial charge in [-0.1, -0.05) is 140 Å². The summed E-state index contributed by atoms with van der Waals surface area (Å²) in [6.07, 6.45) is 20.2. The quantitative estimate of drug-likeness (QED) is 0.0334. The number of halogens is 1. The van der Waals surface area contributed by atoms with Crippen LogP contribution in [0.2, 0.25) is 0 Å². The third-order valence-electron chi connectivity index (χ3n) is 8.27. The molecule has 5 nitrogen and oxygen atoms in total. The number of para-hydroxylation sites is 1. The molecule has 2 atom stereocenters. The number of rotatable bonds is 24. The maximum Gasteiger partial charge on any atom is 0.250 e. The topological polar surface area (TPSA) is 67.4 Å². The van der Waals surface area contributed by atoms with Crippen molar-refractivity contribution < 1.29 is 14.3 Å².